The summed E-state index contributed by atoms with van der Waals surface area (Å²) in [6, 6.07) is 8.29. The highest BCUT2D eigenvalue weighted by atomic mass is 32.2. The van der Waals surface area contributed by atoms with Crippen LogP contribution in [0.5, 0.6) is 0 Å². The Morgan fingerprint density at radius 3 is 3.00 bits per heavy atom. The van der Waals surface area contributed by atoms with Crippen LogP contribution in [-0.2, 0) is 18.6 Å². The number of fused-ring (bicyclic) bond motifs is 1. The van der Waals surface area contributed by atoms with E-state index in [0.717, 1.165) is 28.4 Å². The molecule has 0 radical (unpaired) electrons. The third kappa shape index (κ3) is 2.90. The van der Waals surface area contributed by atoms with Crippen LogP contribution < -0.4 is 0 Å². The molecule has 19 heavy (non-hydrogen) atoms. The fourth-order valence-corrected chi connectivity index (χ4v) is 4.51. The standard InChI is InChI=1S/C15H13FOS2/c16-12-3-1-2-10(6-12)7-13(17)15-8-11-9-18-5-4-14(11)19-15/h1-3,6,8H,4-5,7,9H2. The number of thiophene rings is 1. The van der Waals surface area contributed by atoms with Gasteiger partial charge in [-0.05, 0) is 41.5 Å². The van der Waals surface area contributed by atoms with Crippen molar-refractivity contribution >= 4 is 28.9 Å². The molecule has 1 nitrogen and oxygen atoms in total. The molecule has 0 aliphatic carbocycles. The molecule has 1 aromatic carbocycles. The van der Waals surface area contributed by atoms with Gasteiger partial charge in [-0.15, -0.1) is 11.3 Å². The molecule has 1 aliphatic rings. The van der Waals surface area contributed by atoms with Crippen molar-refractivity contribution in [2.45, 2.75) is 18.6 Å². The van der Waals surface area contributed by atoms with Crippen LogP contribution in [0.1, 0.15) is 25.7 Å². The van der Waals surface area contributed by atoms with Crippen molar-refractivity contribution in [2.75, 3.05) is 5.75 Å². The zero-order chi connectivity index (χ0) is 13.2. The molecular formula is C15H13FOS2. The molecule has 1 aromatic heterocycles. The van der Waals surface area contributed by atoms with E-state index >= 15 is 0 Å². The van der Waals surface area contributed by atoms with Crippen LogP contribution in [0.2, 0.25) is 0 Å². The highest BCUT2D eigenvalue weighted by molar-refractivity contribution is 7.98. The van der Waals surface area contributed by atoms with Crippen LogP contribution in [0.15, 0.2) is 30.3 Å². The first-order chi connectivity index (χ1) is 9.22. The van der Waals surface area contributed by atoms with E-state index in [9.17, 15) is 9.18 Å². The number of benzene rings is 1. The molecule has 2 aromatic rings. The van der Waals surface area contributed by atoms with Gasteiger partial charge in [0, 0.05) is 17.1 Å². The molecule has 0 amide bonds. The quantitative estimate of drug-likeness (QED) is 0.792. The second-order valence-corrected chi connectivity index (χ2v) is 6.83. The summed E-state index contributed by atoms with van der Waals surface area (Å²) < 4.78 is 13.1. The smallest absolute Gasteiger partial charge is 0.177 e. The van der Waals surface area contributed by atoms with Crippen molar-refractivity contribution in [1.29, 1.82) is 0 Å². The van der Waals surface area contributed by atoms with Gasteiger partial charge < -0.3 is 0 Å². The average Bonchev–Trinajstić information content (AvgIpc) is 2.82. The largest absolute Gasteiger partial charge is 0.293 e. The summed E-state index contributed by atoms with van der Waals surface area (Å²) in [5, 5.41) is 0. The average molecular weight is 292 g/mol. The van der Waals surface area contributed by atoms with Gasteiger partial charge in [0.1, 0.15) is 5.82 Å². The Balaban J connectivity index is 1.78. The molecule has 0 unspecified atom stereocenters. The number of thioether (sulfide) groups is 1. The lowest BCUT2D eigenvalue weighted by Gasteiger charge is -2.08. The van der Waals surface area contributed by atoms with Crippen molar-refractivity contribution in [2.24, 2.45) is 0 Å². The Bertz CT molecular complexity index is 595. The van der Waals surface area contributed by atoms with Gasteiger partial charge in [-0.2, -0.15) is 11.8 Å². The number of carbonyl (C=O) groups is 1. The normalized spacial score (nSPS) is 14.2. The Kier molecular flexibility index (Phi) is 3.71. The number of hydrogen-bond acceptors (Lipinski definition) is 3. The van der Waals surface area contributed by atoms with Crippen LogP contribution in [0, 0.1) is 5.82 Å². The van der Waals surface area contributed by atoms with Gasteiger partial charge in [-0.1, -0.05) is 12.1 Å². The first-order valence-corrected chi connectivity index (χ1v) is 8.16. The molecule has 0 saturated heterocycles. The van der Waals surface area contributed by atoms with Gasteiger partial charge in [0.25, 0.3) is 0 Å². The molecule has 0 bridgehead atoms. The summed E-state index contributed by atoms with van der Waals surface area (Å²) in [5.74, 6) is 1.96. The van der Waals surface area contributed by atoms with Crippen LogP contribution >= 0.6 is 23.1 Å². The molecule has 0 spiro atoms. The van der Waals surface area contributed by atoms with Crippen LogP contribution in [0.4, 0.5) is 4.39 Å². The summed E-state index contributed by atoms with van der Waals surface area (Å²) in [5.41, 5.74) is 2.05. The number of ketones is 1. The van der Waals surface area contributed by atoms with Crippen LogP contribution in [0.3, 0.4) is 0 Å². The summed E-state index contributed by atoms with van der Waals surface area (Å²) >= 11 is 3.52. The van der Waals surface area contributed by atoms with E-state index in [1.807, 2.05) is 17.8 Å². The van der Waals surface area contributed by atoms with Gasteiger partial charge >= 0.3 is 0 Å². The Hall–Kier alpha value is -1.13. The third-order valence-electron chi connectivity index (χ3n) is 3.16. The number of halogens is 1. The molecule has 4 heteroatoms. The maximum atomic E-state index is 13.1. The van der Waals surface area contributed by atoms with Crippen molar-refractivity contribution < 1.29 is 9.18 Å². The minimum atomic E-state index is -0.285. The Labute approximate surface area is 119 Å². The maximum Gasteiger partial charge on any atom is 0.177 e. The van der Waals surface area contributed by atoms with E-state index in [1.54, 1.807) is 23.5 Å². The molecule has 2 heterocycles. The summed E-state index contributed by atoms with van der Waals surface area (Å²) in [6.45, 7) is 0. The zero-order valence-corrected chi connectivity index (χ0v) is 12.0. The molecule has 0 atom stereocenters. The first kappa shape index (κ1) is 12.9. The van der Waals surface area contributed by atoms with Crippen LogP contribution in [0.25, 0.3) is 0 Å². The van der Waals surface area contributed by atoms with E-state index in [0.29, 0.717) is 0 Å². The van der Waals surface area contributed by atoms with E-state index in [4.69, 9.17) is 0 Å². The number of Topliss-reactive ketones (excluding diaryl/α,β-unsaturated/α-hetero) is 1. The lowest BCUT2D eigenvalue weighted by molar-refractivity contribution is 0.0997. The zero-order valence-electron chi connectivity index (χ0n) is 10.3. The number of hydrogen-bond donors (Lipinski definition) is 0. The van der Waals surface area contributed by atoms with E-state index in [1.165, 1.54) is 22.6 Å². The number of aryl methyl sites for hydroxylation is 1. The van der Waals surface area contributed by atoms with Crippen molar-refractivity contribution in [3.05, 3.63) is 57.0 Å². The lowest BCUT2D eigenvalue weighted by atomic mass is 10.1. The van der Waals surface area contributed by atoms with Crippen molar-refractivity contribution in [3.63, 3.8) is 0 Å². The van der Waals surface area contributed by atoms with Gasteiger partial charge in [-0.3, -0.25) is 4.79 Å². The molecular weight excluding hydrogens is 279 g/mol. The monoisotopic (exact) mass is 292 g/mol. The van der Waals surface area contributed by atoms with Crippen molar-refractivity contribution in [3.8, 4) is 0 Å². The van der Waals surface area contributed by atoms with E-state index in [2.05, 4.69) is 0 Å². The fraction of sp³-hybridized carbons (Fsp3) is 0.267. The topological polar surface area (TPSA) is 17.1 Å². The molecule has 0 saturated carbocycles. The fourth-order valence-electron chi connectivity index (χ4n) is 2.20. The molecule has 98 valence electrons. The van der Waals surface area contributed by atoms with Gasteiger partial charge in [-0.25, -0.2) is 4.39 Å². The first-order valence-electron chi connectivity index (χ1n) is 6.19. The summed E-state index contributed by atoms with van der Waals surface area (Å²) in [6.07, 6.45) is 1.35. The minimum absolute atomic E-state index is 0.0926. The predicted molar refractivity (Wildman–Crippen MR) is 78.6 cm³/mol. The van der Waals surface area contributed by atoms with Gasteiger partial charge in [0.15, 0.2) is 5.78 Å². The molecule has 0 N–H and O–H groups in total. The second-order valence-electron chi connectivity index (χ2n) is 4.59. The molecule has 1 aliphatic heterocycles. The Morgan fingerprint density at radius 1 is 1.32 bits per heavy atom. The number of carbonyl (C=O) groups excluding carboxylic acids is 1. The summed E-state index contributed by atoms with van der Waals surface area (Å²) in [4.78, 5) is 14.4. The van der Waals surface area contributed by atoms with Crippen LogP contribution in [-0.4, -0.2) is 11.5 Å². The van der Waals surface area contributed by atoms with Crippen molar-refractivity contribution in [1.82, 2.24) is 0 Å². The highest BCUT2D eigenvalue weighted by Gasteiger charge is 2.17. The predicted octanol–water partition coefficient (Wildman–Crippen LogP) is 4.10. The van der Waals surface area contributed by atoms with Gasteiger partial charge in [0.2, 0.25) is 0 Å². The van der Waals surface area contributed by atoms with Gasteiger partial charge in [0.05, 0.1) is 4.88 Å². The number of rotatable bonds is 3. The molecule has 0 fully saturated rings. The minimum Gasteiger partial charge on any atom is -0.293 e. The lowest BCUT2D eigenvalue weighted by Crippen LogP contribution is -2.01. The SMILES string of the molecule is O=C(Cc1cccc(F)c1)c1cc2c(s1)CCSC2. The van der Waals surface area contributed by atoms with E-state index < -0.39 is 0 Å². The summed E-state index contributed by atoms with van der Waals surface area (Å²) in [7, 11) is 0. The Morgan fingerprint density at radius 2 is 2.21 bits per heavy atom. The van der Waals surface area contributed by atoms with E-state index in [-0.39, 0.29) is 18.0 Å². The maximum absolute atomic E-state index is 13.1. The second kappa shape index (κ2) is 5.47. The molecule has 3 rings (SSSR count). The third-order valence-corrected chi connectivity index (χ3v) is 5.44. The highest BCUT2D eigenvalue weighted by Crippen LogP contribution is 2.32.